The monoisotopic (exact) mass is 382 g/mol. The van der Waals surface area contributed by atoms with Crippen molar-refractivity contribution in [1.29, 1.82) is 0 Å². The number of carbonyl (C=O) groups excluding carboxylic acids is 2. The van der Waals surface area contributed by atoms with Crippen molar-refractivity contribution >= 4 is 68.9 Å². The first-order valence-corrected chi connectivity index (χ1v) is 8.51. The number of hydrogen-bond acceptors (Lipinski definition) is 5. The second kappa shape index (κ2) is 6.19. The highest BCUT2D eigenvalue weighted by molar-refractivity contribution is 8.26. The highest BCUT2D eigenvalue weighted by atomic mass is 35.5. The summed E-state index contributed by atoms with van der Waals surface area (Å²) in [6.07, 6.45) is -0.219. The van der Waals surface area contributed by atoms with E-state index in [1.165, 1.54) is 4.90 Å². The fraction of sp³-hybridized carbons (Fsp3) is 0.200. The second-order valence-corrected chi connectivity index (χ2v) is 7.35. The molecule has 124 valence electrons. The average molecular weight is 383 g/mol. The fourth-order valence-electron chi connectivity index (χ4n) is 2.58. The van der Waals surface area contributed by atoms with E-state index in [-0.39, 0.29) is 27.8 Å². The van der Waals surface area contributed by atoms with Crippen LogP contribution in [-0.4, -0.2) is 38.7 Å². The maximum Gasteiger partial charge on any atom is 0.305 e. The number of amides is 2. The molecule has 0 atom stereocenters. The summed E-state index contributed by atoms with van der Waals surface area (Å²) in [6.45, 7) is 1.78. The lowest BCUT2D eigenvalue weighted by atomic mass is 10.0. The molecule has 0 bridgehead atoms. The van der Waals surface area contributed by atoms with E-state index in [4.69, 9.17) is 28.9 Å². The molecule has 0 spiro atoms. The number of nitrogens with one attached hydrogen (secondary N) is 1. The largest absolute Gasteiger partial charge is 0.481 e. The summed E-state index contributed by atoms with van der Waals surface area (Å²) in [6, 6.07) is 3.35. The molecule has 0 unspecified atom stereocenters. The van der Waals surface area contributed by atoms with Crippen LogP contribution < -0.4 is 5.32 Å². The molecule has 1 saturated heterocycles. The Bertz CT molecular complexity index is 850. The van der Waals surface area contributed by atoms with E-state index in [0.29, 0.717) is 16.3 Å². The highest BCUT2D eigenvalue weighted by Gasteiger charge is 2.39. The molecule has 2 N–H and O–H groups in total. The summed E-state index contributed by atoms with van der Waals surface area (Å²) < 4.78 is 0.240. The zero-order chi connectivity index (χ0) is 17.6. The number of carbonyl (C=O) groups is 3. The van der Waals surface area contributed by atoms with Gasteiger partial charge in [0.2, 0.25) is 0 Å². The number of carboxylic acid groups (broad SMARTS) is 1. The van der Waals surface area contributed by atoms with Gasteiger partial charge in [-0.25, -0.2) is 0 Å². The molecule has 2 aliphatic rings. The Morgan fingerprint density at radius 2 is 2.12 bits per heavy atom. The van der Waals surface area contributed by atoms with Crippen molar-refractivity contribution in [2.24, 2.45) is 0 Å². The third-order valence-electron chi connectivity index (χ3n) is 3.66. The van der Waals surface area contributed by atoms with E-state index in [9.17, 15) is 14.4 Å². The number of hydrogen-bond donors (Lipinski definition) is 2. The standard InChI is InChI=1S/C15H11ClN2O4S2/c1-6-4-7(16)5-8-10(13(21)17-11(6)8)12-14(22)18(15(23)24-12)3-2-9(19)20/h4-5H,2-3H2,1H3,(H,17,21)(H,19,20). The Balaban J connectivity index is 2.05. The normalized spacial score (nSPS) is 19.8. The molecule has 0 saturated carbocycles. The van der Waals surface area contributed by atoms with E-state index in [1.807, 2.05) is 6.92 Å². The van der Waals surface area contributed by atoms with E-state index >= 15 is 0 Å². The van der Waals surface area contributed by atoms with Gasteiger partial charge in [0.1, 0.15) is 4.32 Å². The van der Waals surface area contributed by atoms with Crippen LogP contribution in [0.4, 0.5) is 5.69 Å². The molecular weight excluding hydrogens is 372 g/mol. The predicted octanol–water partition coefficient (Wildman–Crippen LogP) is 2.65. The number of halogens is 1. The molecule has 3 rings (SSSR count). The van der Waals surface area contributed by atoms with Crippen molar-refractivity contribution in [1.82, 2.24) is 4.90 Å². The number of aliphatic carboxylic acids is 1. The molecule has 2 heterocycles. The summed E-state index contributed by atoms with van der Waals surface area (Å²) in [5.74, 6) is -1.88. The number of thiocarbonyl (C=S) groups is 1. The van der Waals surface area contributed by atoms with Crippen molar-refractivity contribution in [3.05, 3.63) is 33.2 Å². The van der Waals surface area contributed by atoms with Gasteiger partial charge in [-0.3, -0.25) is 19.3 Å². The third kappa shape index (κ3) is 2.81. The Kier molecular flexibility index (Phi) is 4.37. The molecule has 2 amide bonds. The van der Waals surface area contributed by atoms with Crippen LogP contribution in [0, 0.1) is 6.92 Å². The molecule has 6 nitrogen and oxygen atoms in total. The number of anilines is 1. The van der Waals surface area contributed by atoms with Gasteiger partial charge in [-0.05, 0) is 24.6 Å². The Morgan fingerprint density at radius 1 is 1.42 bits per heavy atom. The number of carboxylic acids is 1. The first kappa shape index (κ1) is 16.9. The first-order valence-electron chi connectivity index (χ1n) is 6.91. The fourth-order valence-corrected chi connectivity index (χ4v) is 4.24. The van der Waals surface area contributed by atoms with E-state index in [1.54, 1.807) is 12.1 Å². The van der Waals surface area contributed by atoms with Crippen molar-refractivity contribution in [3.8, 4) is 0 Å². The molecule has 24 heavy (non-hydrogen) atoms. The number of benzene rings is 1. The minimum Gasteiger partial charge on any atom is -0.481 e. The van der Waals surface area contributed by atoms with Crippen molar-refractivity contribution in [2.45, 2.75) is 13.3 Å². The smallest absolute Gasteiger partial charge is 0.305 e. The lowest BCUT2D eigenvalue weighted by Crippen LogP contribution is -2.30. The molecule has 0 aliphatic carbocycles. The number of fused-ring (bicyclic) bond motifs is 1. The van der Waals surface area contributed by atoms with E-state index in [2.05, 4.69) is 5.32 Å². The summed E-state index contributed by atoms with van der Waals surface area (Å²) in [4.78, 5) is 37.1. The predicted molar refractivity (Wildman–Crippen MR) is 95.9 cm³/mol. The van der Waals surface area contributed by atoms with Gasteiger partial charge in [0, 0.05) is 17.1 Å². The van der Waals surface area contributed by atoms with Gasteiger partial charge in [-0.2, -0.15) is 0 Å². The van der Waals surface area contributed by atoms with Gasteiger partial charge in [0.15, 0.2) is 0 Å². The van der Waals surface area contributed by atoms with Gasteiger partial charge in [0.25, 0.3) is 11.8 Å². The van der Waals surface area contributed by atoms with Gasteiger partial charge in [-0.15, -0.1) is 0 Å². The second-order valence-electron chi connectivity index (χ2n) is 5.27. The van der Waals surface area contributed by atoms with Gasteiger partial charge in [-0.1, -0.05) is 35.6 Å². The first-order chi connectivity index (χ1) is 11.3. The minimum absolute atomic E-state index is 0.0279. The maximum atomic E-state index is 12.6. The van der Waals surface area contributed by atoms with E-state index in [0.717, 1.165) is 17.3 Å². The molecular formula is C15H11ClN2O4S2. The highest BCUT2D eigenvalue weighted by Crippen LogP contribution is 2.44. The summed E-state index contributed by atoms with van der Waals surface area (Å²) in [5, 5.41) is 12.0. The third-order valence-corrected chi connectivity index (χ3v) is 5.33. The molecule has 0 radical (unpaired) electrons. The van der Waals surface area contributed by atoms with Crippen LogP contribution in [0.2, 0.25) is 5.02 Å². The maximum absolute atomic E-state index is 12.6. The van der Waals surface area contributed by atoms with Crippen molar-refractivity contribution in [3.63, 3.8) is 0 Å². The van der Waals surface area contributed by atoms with Crippen molar-refractivity contribution < 1.29 is 19.5 Å². The van der Waals surface area contributed by atoms with Gasteiger partial charge >= 0.3 is 5.97 Å². The van der Waals surface area contributed by atoms with Gasteiger partial charge < -0.3 is 10.4 Å². The van der Waals surface area contributed by atoms with Crippen LogP contribution in [0.15, 0.2) is 17.0 Å². The zero-order valence-corrected chi connectivity index (χ0v) is 14.8. The van der Waals surface area contributed by atoms with Crippen LogP contribution in [0.1, 0.15) is 17.5 Å². The Morgan fingerprint density at radius 3 is 2.79 bits per heavy atom. The van der Waals surface area contributed by atoms with Gasteiger partial charge in [0.05, 0.1) is 22.6 Å². The molecule has 1 aromatic carbocycles. The SMILES string of the molecule is Cc1cc(Cl)cc2c1NC(=O)C2=C1SC(=S)N(CCC(=O)O)C1=O. The number of thioether (sulfide) groups is 1. The molecule has 1 fully saturated rings. The number of rotatable bonds is 3. The summed E-state index contributed by atoms with van der Waals surface area (Å²) in [5.41, 5.74) is 2.20. The van der Waals surface area contributed by atoms with Crippen molar-refractivity contribution in [2.75, 3.05) is 11.9 Å². The summed E-state index contributed by atoms with van der Waals surface area (Å²) >= 11 is 12.2. The minimum atomic E-state index is -1.02. The molecule has 0 aromatic heterocycles. The summed E-state index contributed by atoms with van der Waals surface area (Å²) in [7, 11) is 0. The lowest BCUT2D eigenvalue weighted by molar-refractivity contribution is -0.137. The van der Waals surface area contributed by atoms with E-state index < -0.39 is 17.8 Å². The molecule has 2 aliphatic heterocycles. The number of nitrogens with zero attached hydrogens (tertiary/aromatic N) is 1. The van der Waals surface area contributed by atoms with Crippen LogP contribution in [0.5, 0.6) is 0 Å². The average Bonchev–Trinajstić information content (AvgIpc) is 2.94. The molecule has 9 heteroatoms. The van der Waals surface area contributed by atoms with Crippen LogP contribution >= 0.6 is 35.6 Å². The Hall–Kier alpha value is -1.90. The molecule has 1 aromatic rings. The quantitative estimate of drug-likeness (QED) is 0.617. The van der Waals surface area contributed by atoms with Crippen LogP contribution in [0.25, 0.3) is 5.57 Å². The Labute approximate surface area is 151 Å². The lowest BCUT2D eigenvalue weighted by Gasteiger charge is -2.12. The zero-order valence-electron chi connectivity index (χ0n) is 12.4. The van der Waals surface area contributed by atoms with Crippen LogP contribution in [-0.2, 0) is 14.4 Å². The van der Waals surface area contributed by atoms with Crippen LogP contribution in [0.3, 0.4) is 0 Å². The number of aryl methyl sites for hydroxylation is 1. The topological polar surface area (TPSA) is 86.7 Å².